The summed E-state index contributed by atoms with van der Waals surface area (Å²) in [4.78, 5) is 13.0. The molecule has 2 N–H and O–H groups in total. The Balaban J connectivity index is 1.91. The summed E-state index contributed by atoms with van der Waals surface area (Å²) in [7, 11) is -3.72. The van der Waals surface area contributed by atoms with Crippen LogP contribution in [-0.4, -0.2) is 20.4 Å². The van der Waals surface area contributed by atoms with Gasteiger partial charge < -0.3 is 5.32 Å². The fourth-order valence-electron chi connectivity index (χ4n) is 3.31. The van der Waals surface area contributed by atoms with E-state index < -0.39 is 15.6 Å². The molecule has 0 radical (unpaired) electrons. The summed E-state index contributed by atoms with van der Waals surface area (Å²) in [5.41, 5.74) is 0.701. The summed E-state index contributed by atoms with van der Waals surface area (Å²) in [6.07, 6.45) is 2.65. The van der Waals surface area contributed by atoms with Gasteiger partial charge in [0.15, 0.2) is 0 Å². The zero-order chi connectivity index (χ0) is 20.5. The number of rotatable bonds is 6. The summed E-state index contributed by atoms with van der Waals surface area (Å²) in [5, 5.41) is 3.30. The van der Waals surface area contributed by atoms with Gasteiger partial charge in [0.1, 0.15) is 0 Å². The highest BCUT2D eigenvalue weighted by Gasteiger charge is 2.40. The van der Waals surface area contributed by atoms with E-state index in [1.54, 1.807) is 13.8 Å². The Bertz CT molecular complexity index is 1000. The van der Waals surface area contributed by atoms with Crippen molar-refractivity contribution in [1.29, 1.82) is 0 Å². The summed E-state index contributed by atoms with van der Waals surface area (Å²) < 4.78 is 28.4. The van der Waals surface area contributed by atoms with Gasteiger partial charge in [-0.3, -0.25) is 4.79 Å². The number of sulfonamides is 1. The smallest absolute Gasteiger partial charge is 0.253 e. The van der Waals surface area contributed by atoms with Crippen LogP contribution in [0.1, 0.15) is 49.0 Å². The van der Waals surface area contributed by atoms with Crippen molar-refractivity contribution in [3.63, 3.8) is 0 Å². The number of carbonyl (C=O) groups excluding carboxylic acids is 1. The molecule has 150 valence electrons. The van der Waals surface area contributed by atoms with Gasteiger partial charge in [-0.1, -0.05) is 39.7 Å². The molecule has 2 aromatic rings. The van der Waals surface area contributed by atoms with Crippen LogP contribution in [0.5, 0.6) is 0 Å². The molecule has 5 nitrogen and oxygen atoms in total. The van der Waals surface area contributed by atoms with E-state index in [0.717, 1.165) is 29.3 Å². The van der Waals surface area contributed by atoms with Gasteiger partial charge in [-0.05, 0) is 69.0 Å². The van der Waals surface area contributed by atoms with Crippen molar-refractivity contribution in [2.24, 2.45) is 0 Å². The van der Waals surface area contributed by atoms with Gasteiger partial charge >= 0.3 is 0 Å². The van der Waals surface area contributed by atoms with Gasteiger partial charge in [-0.15, -0.1) is 0 Å². The third-order valence-corrected chi connectivity index (χ3v) is 7.30. The molecular formula is C20H22BrClN2O3S. The van der Waals surface area contributed by atoms with Crippen molar-refractivity contribution in [2.45, 2.75) is 49.6 Å². The number of carbonyl (C=O) groups is 1. The predicted octanol–water partition coefficient (Wildman–Crippen LogP) is 4.60. The topological polar surface area (TPSA) is 75.3 Å². The Morgan fingerprint density at radius 1 is 1.18 bits per heavy atom. The van der Waals surface area contributed by atoms with E-state index in [9.17, 15) is 13.2 Å². The second-order valence-corrected chi connectivity index (χ2v) is 10.4. The number of amides is 1. The lowest BCUT2D eigenvalue weighted by Gasteiger charge is -2.43. The second kappa shape index (κ2) is 8.14. The summed E-state index contributed by atoms with van der Waals surface area (Å²) in [6, 6.07) is 11.8. The van der Waals surface area contributed by atoms with Crippen LogP contribution >= 0.6 is 27.5 Å². The molecule has 2 aromatic carbocycles. The average Bonchev–Trinajstić information content (AvgIpc) is 2.57. The number of hydrogen-bond donors (Lipinski definition) is 2. The number of nitrogens with one attached hydrogen (secondary N) is 2. The predicted molar refractivity (Wildman–Crippen MR) is 114 cm³/mol. The molecular weight excluding hydrogens is 464 g/mol. The lowest BCUT2D eigenvalue weighted by molar-refractivity contribution is 0.0823. The zero-order valence-corrected chi connectivity index (χ0v) is 18.8. The van der Waals surface area contributed by atoms with Crippen molar-refractivity contribution in [3.8, 4) is 0 Å². The van der Waals surface area contributed by atoms with Crippen LogP contribution in [0.4, 0.5) is 0 Å². The lowest BCUT2D eigenvalue weighted by Crippen LogP contribution is -2.50. The van der Waals surface area contributed by atoms with E-state index in [2.05, 4.69) is 26.0 Å². The van der Waals surface area contributed by atoms with Crippen LogP contribution in [0.2, 0.25) is 5.02 Å². The maximum Gasteiger partial charge on any atom is 0.253 e. The maximum atomic E-state index is 13.0. The SMILES string of the molecule is CC(C)NS(=O)(=O)c1ccc(Cl)c(C(=O)NC2(c3cccc(Br)c3)CCC2)c1. The third-order valence-electron chi connectivity index (χ3n) is 4.82. The molecule has 0 aromatic heterocycles. The van der Waals surface area contributed by atoms with Crippen LogP contribution in [-0.2, 0) is 15.6 Å². The van der Waals surface area contributed by atoms with Crippen LogP contribution in [0, 0.1) is 0 Å². The molecule has 1 saturated carbocycles. The van der Waals surface area contributed by atoms with E-state index in [4.69, 9.17) is 11.6 Å². The standard InChI is InChI=1S/C20H22BrClN2O3S/c1-13(2)24-28(26,27)16-7-8-18(22)17(12-16)19(25)23-20(9-4-10-20)14-5-3-6-15(21)11-14/h3,5-8,11-13,24H,4,9-10H2,1-2H3,(H,23,25). The van der Waals surface area contributed by atoms with Gasteiger partial charge in [0.25, 0.3) is 5.91 Å². The minimum Gasteiger partial charge on any atom is -0.342 e. The lowest BCUT2D eigenvalue weighted by atomic mass is 9.71. The van der Waals surface area contributed by atoms with Crippen molar-refractivity contribution in [2.75, 3.05) is 0 Å². The van der Waals surface area contributed by atoms with E-state index in [0.29, 0.717) is 0 Å². The average molecular weight is 486 g/mol. The van der Waals surface area contributed by atoms with Gasteiger partial charge in [-0.2, -0.15) is 0 Å². The molecule has 0 aliphatic heterocycles. The van der Waals surface area contributed by atoms with Crippen LogP contribution in [0.25, 0.3) is 0 Å². The molecule has 1 aliphatic rings. The Labute approximate surface area is 179 Å². The highest BCUT2D eigenvalue weighted by Crippen LogP contribution is 2.42. The fraction of sp³-hybridized carbons (Fsp3) is 0.350. The highest BCUT2D eigenvalue weighted by atomic mass is 79.9. The molecule has 3 rings (SSSR count). The van der Waals surface area contributed by atoms with Gasteiger partial charge in [0.2, 0.25) is 10.0 Å². The van der Waals surface area contributed by atoms with Gasteiger partial charge in [0, 0.05) is 10.5 Å². The Morgan fingerprint density at radius 3 is 2.46 bits per heavy atom. The van der Waals surface area contributed by atoms with E-state index in [-0.39, 0.29) is 27.4 Å². The monoisotopic (exact) mass is 484 g/mol. The molecule has 1 fully saturated rings. The third kappa shape index (κ3) is 4.43. The largest absolute Gasteiger partial charge is 0.342 e. The first-order valence-corrected chi connectivity index (χ1v) is 11.7. The summed E-state index contributed by atoms with van der Waals surface area (Å²) in [5.74, 6) is -0.383. The summed E-state index contributed by atoms with van der Waals surface area (Å²) >= 11 is 9.70. The van der Waals surface area contributed by atoms with Crippen LogP contribution in [0.3, 0.4) is 0 Å². The van der Waals surface area contributed by atoms with Crippen LogP contribution < -0.4 is 10.0 Å². The molecule has 0 saturated heterocycles. The first-order chi connectivity index (χ1) is 13.1. The van der Waals surface area contributed by atoms with Crippen molar-refractivity contribution < 1.29 is 13.2 Å². The maximum absolute atomic E-state index is 13.0. The number of halogens is 2. The van der Waals surface area contributed by atoms with Crippen LogP contribution in [0.15, 0.2) is 51.8 Å². The molecule has 0 unspecified atom stereocenters. The van der Waals surface area contributed by atoms with E-state index in [1.165, 1.54) is 18.2 Å². The number of benzene rings is 2. The van der Waals surface area contributed by atoms with Crippen molar-refractivity contribution in [1.82, 2.24) is 10.0 Å². The molecule has 28 heavy (non-hydrogen) atoms. The van der Waals surface area contributed by atoms with Gasteiger partial charge in [0.05, 0.1) is 21.0 Å². The Hall–Kier alpha value is -1.41. The minimum absolute atomic E-state index is 0.0147. The van der Waals surface area contributed by atoms with Gasteiger partial charge in [-0.25, -0.2) is 13.1 Å². The molecule has 8 heteroatoms. The molecule has 0 bridgehead atoms. The second-order valence-electron chi connectivity index (χ2n) is 7.32. The Kier molecular flexibility index (Phi) is 6.20. The molecule has 0 spiro atoms. The van der Waals surface area contributed by atoms with E-state index in [1.807, 2.05) is 24.3 Å². The highest BCUT2D eigenvalue weighted by molar-refractivity contribution is 9.10. The minimum atomic E-state index is -3.72. The molecule has 0 heterocycles. The normalized spacial score (nSPS) is 15.9. The Morgan fingerprint density at radius 2 is 1.89 bits per heavy atom. The fourth-order valence-corrected chi connectivity index (χ4v) is 5.19. The first kappa shape index (κ1) is 21.3. The quantitative estimate of drug-likeness (QED) is 0.628. The first-order valence-electron chi connectivity index (χ1n) is 9.03. The molecule has 0 atom stereocenters. The van der Waals surface area contributed by atoms with Crippen molar-refractivity contribution in [3.05, 3.63) is 63.1 Å². The molecule has 1 amide bonds. The molecule has 1 aliphatic carbocycles. The number of hydrogen-bond acceptors (Lipinski definition) is 3. The summed E-state index contributed by atoms with van der Waals surface area (Å²) in [6.45, 7) is 3.47. The van der Waals surface area contributed by atoms with Crippen molar-refractivity contribution >= 4 is 43.5 Å². The van der Waals surface area contributed by atoms with E-state index >= 15 is 0 Å². The zero-order valence-electron chi connectivity index (χ0n) is 15.6.